The lowest BCUT2D eigenvalue weighted by atomic mass is 10.2. The summed E-state index contributed by atoms with van der Waals surface area (Å²) in [5, 5.41) is 8.38. The Hall–Kier alpha value is -2.12. The van der Waals surface area contributed by atoms with E-state index in [9.17, 15) is 19.2 Å². The lowest BCUT2D eigenvalue weighted by molar-refractivity contribution is -0.151. The maximum atomic E-state index is 11.3. The summed E-state index contributed by atoms with van der Waals surface area (Å²) < 4.78 is 35.6. The molecule has 0 saturated heterocycles. The number of methoxy groups -OCH3 is 1. The van der Waals surface area contributed by atoms with Crippen LogP contribution < -0.4 is 0 Å². The van der Waals surface area contributed by atoms with E-state index in [-0.39, 0.29) is 38.4 Å². The predicted octanol–water partition coefficient (Wildman–Crippen LogP) is -0.390. The minimum absolute atomic E-state index is 0.0134. The van der Waals surface area contributed by atoms with Crippen LogP contribution >= 0.6 is 0 Å². The quantitative estimate of drug-likeness (QED) is 0.129. The highest BCUT2D eigenvalue weighted by Gasteiger charge is 2.14. The molecule has 0 bridgehead atoms. The molecule has 0 aliphatic rings. The number of esters is 2. The first-order chi connectivity index (χ1) is 15.0. The van der Waals surface area contributed by atoms with Gasteiger partial charge in [0.05, 0.1) is 86.0 Å². The summed E-state index contributed by atoms with van der Waals surface area (Å²) in [6.07, 6.45) is -0.439. The van der Waals surface area contributed by atoms with Gasteiger partial charge in [-0.15, -0.1) is 0 Å². The first kappa shape index (κ1) is 28.9. The average molecular weight is 452 g/mol. The third-order valence-corrected chi connectivity index (χ3v) is 3.45. The van der Waals surface area contributed by atoms with Gasteiger partial charge >= 0.3 is 17.9 Å². The molecule has 0 rings (SSSR count). The first-order valence-corrected chi connectivity index (χ1v) is 9.84. The van der Waals surface area contributed by atoms with Crippen molar-refractivity contribution in [2.45, 2.75) is 19.3 Å². The van der Waals surface area contributed by atoms with Gasteiger partial charge in [-0.05, 0) is 0 Å². The summed E-state index contributed by atoms with van der Waals surface area (Å²) in [5.41, 5.74) is 0. The minimum atomic E-state index is -1.56. The van der Waals surface area contributed by atoms with Crippen LogP contribution in [0.2, 0.25) is 0 Å². The smallest absolute Gasteiger partial charge is 0.372 e. The van der Waals surface area contributed by atoms with Crippen molar-refractivity contribution in [2.24, 2.45) is 0 Å². The molecule has 0 aromatic heterocycles. The van der Waals surface area contributed by atoms with Gasteiger partial charge in [0.25, 0.3) is 0 Å². The molecule has 0 amide bonds. The highest BCUT2D eigenvalue weighted by atomic mass is 16.6. The van der Waals surface area contributed by atoms with Crippen molar-refractivity contribution < 1.29 is 57.4 Å². The normalized spacial score (nSPS) is 10.6. The molecule has 0 aliphatic carbocycles. The summed E-state index contributed by atoms with van der Waals surface area (Å²) in [6.45, 7) is 3.60. The SMILES string of the molecule is COC(=O)CCOCCOCCOCCOCCOCCOC(=O)CCC(=O)C(=O)O. The number of ether oxygens (including phenoxy) is 7. The number of rotatable bonds is 22. The molecule has 0 saturated carbocycles. The summed E-state index contributed by atoms with van der Waals surface area (Å²) in [6, 6.07) is 0. The average Bonchev–Trinajstić information content (AvgIpc) is 2.76. The maximum absolute atomic E-state index is 11.3. The molecule has 0 heterocycles. The van der Waals surface area contributed by atoms with Crippen molar-refractivity contribution in [2.75, 3.05) is 79.8 Å². The van der Waals surface area contributed by atoms with Crippen LogP contribution in [0.5, 0.6) is 0 Å². The van der Waals surface area contributed by atoms with Gasteiger partial charge in [-0.3, -0.25) is 14.4 Å². The van der Waals surface area contributed by atoms with E-state index in [2.05, 4.69) is 4.74 Å². The van der Waals surface area contributed by atoms with Crippen LogP contribution in [0.4, 0.5) is 0 Å². The fourth-order valence-corrected chi connectivity index (χ4v) is 1.85. The van der Waals surface area contributed by atoms with Gasteiger partial charge in [0.2, 0.25) is 5.78 Å². The topological polar surface area (TPSA) is 153 Å². The minimum Gasteiger partial charge on any atom is -0.476 e. The van der Waals surface area contributed by atoms with E-state index in [1.807, 2.05) is 0 Å². The summed E-state index contributed by atoms with van der Waals surface area (Å²) in [5.74, 6) is -3.55. The van der Waals surface area contributed by atoms with Crippen molar-refractivity contribution in [3.63, 3.8) is 0 Å². The van der Waals surface area contributed by atoms with Gasteiger partial charge in [0.1, 0.15) is 6.61 Å². The third kappa shape index (κ3) is 20.9. The number of Topliss-reactive ketones (excluding diaryl/α,β-unsaturated/α-hetero) is 1. The number of carbonyl (C=O) groups is 4. The Morgan fingerprint density at radius 2 is 0.968 bits per heavy atom. The number of hydrogen-bond donors (Lipinski definition) is 1. The Balaban J connectivity index is 3.20. The van der Waals surface area contributed by atoms with Crippen molar-refractivity contribution in [3.8, 4) is 0 Å². The number of aliphatic carboxylic acids is 1. The van der Waals surface area contributed by atoms with Gasteiger partial charge in [0, 0.05) is 6.42 Å². The van der Waals surface area contributed by atoms with Gasteiger partial charge in [-0.1, -0.05) is 0 Å². The van der Waals surface area contributed by atoms with Crippen LogP contribution in [-0.4, -0.2) is 109 Å². The van der Waals surface area contributed by atoms with Crippen LogP contribution in [-0.2, 0) is 52.3 Å². The summed E-state index contributed by atoms with van der Waals surface area (Å²) >= 11 is 0. The zero-order valence-electron chi connectivity index (χ0n) is 17.8. The van der Waals surface area contributed by atoms with E-state index >= 15 is 0 Å². The molecule has 0 aliphatic heterocycles. The largest absolute Gasteiger partial charge is 0.476 e. The van der Waals surface area contributed by atoms with Crippen molar-refractivity contribution in [3.05, 3.63) is 0 Å². The van der Waals surface area contributed by atoms with E-state index in [1.165, 1.54) is 7.11 Å². The summed E-state index contributed by atoms with van der Waals surface area (Å²) in [7, 11) is 1.33. The summed E-state index contributed by atoms with van der Waals surface area (Å²) in [4.78, 5) is 43.2. The fourth-order valence-electron chi connectivity index (χ4n) is 1.85. The van der Waals surface area contributed by atoms with Gasteiger partial charge in [-0.2, -0.15) is 0 Å². The molecule has 0 fully saturated rings. The maximum Gasteiger partial charge on any atom is 0.372 e. The highest BCUT2D eigenvalue weighted by Crippen LogP contribution is 1.95. The second kappa shape index (κ2) is 21.1. The third-order valence-electron chi connectivity index (χ3n) is 3.45. The Morgan fingerprint density at radius 1 is 0.548 bits per heavy atom. The van der Waals surface area contributed by atoms with Crippen LogP contribution in [0.25, 0.3) is 0 Å². The zero-order valence-corrected chi connectivity index (χ0v) is 17.8. The molecular weight excluding hydrogens is 420 g/mol. The number of carboxylic acids is 1. The van der Waals surface area contributed by atoms with Gasteiger partial charge < -0.3 is 38.3 Å². The molecule has 12 heteroatoms. The van der Waals surface area contributed by atoms with Crippen LogP contribution in [0.3, 0.4) is 0 Å². The Bertz CT molecular complexity index is 508. The second-order valence-electron chi connectivity index (χ2n) is 5.84. The molecule has 0 aromatic rings. The molecule has 12 nitrogen and oxygen atoms in total. The molecule has 0 unspecified atom stereocenters. The monoisotopic (exact) mass is 452 g/mol. The fraction of sp³-hybridized carbons (Fsp3) is 0.789. The zero-order chi connectivity index (χ0) is 23.2. The van der Waals surface area contributed by atoms with E-state index in [0.29, 0.717) is 59.5 Å². The van der Waals surface area contributed by atoms with Crippen molar-refractivity contribution in [1.29, 1.82) is 0 Å². The van der Waals surface area contributed by atoms with Crippen LogP contribution in [0.15, 0.2) is 0 Å². The van der Waals surface area contributed by atoms with Crippen LogP contribution in [0, 0.1) is 0 Å². The van der Waals surface area contributed by atoms with E-state index in [0.717, 1.165) is 0 Å². The Kier molecular flexibility index (Phi) is 19.7. The van der Waals surface area contributed by atoms with Gasteiger partial charge in [-0.25, -0.2) is 4.79 Å². The molecular formula is C19H32O12. The second-order valence-corrected chi connectivity index (χ2v) is 5.84. The molecule has 1 N–H and O–H groups in total. The molecule has 0 atom stereocenters. The molecule has 0 aromatic carbocycles. The van der Waals surface area contributed by atoms with Crippen molar-refractivity contribution >= 4 is 23.7 Å². The van der Waals surface area contributed by atoms with E-state index in [4.69, 9.17) is 33.5 Å². The Morgan fingerprint density at radius 3 is 1.39 bits per heavy atom. The van der Waals surface area contributed by atoms with Gasteiger partial charge in [0.15, 0.2) is 0 Å². The number of ketones is 1. The predicted molar refractivity (Wildman–Crippen MR) is 104 cm³/mol. The molecule has 31 heavy (non-hydrogen) atoms. The lowest BCUT2D eigenvalue weighted by Gasteiger charge is -2.08. The van der Waals surface area contributed by atoms with Crippen LogP contribution in [0.1, 0.15) is 19.3 Å². The number of carboxylic acid groups (broad SMARTS) is 1. The molecule has 0 spiro atoms. The van der Waals surface area contributed by atoms with E-state index < -0.39 is 17.7 Å². The van der Waals surface area contributed by atoms with Crippen molar-refractivity contribution in [1.82, 2.24) is 0 Å². The van der Waals surface area contributed by atoms with E-state index in [1.54, 1.807) is 0 Å². The molecule has 0 radical (unpaired) electrons. The first-order valence-electron chi connectivity index (χ1n) is 9.84. The lowest BCUT2D eigenvalue weighted by Crippen LogP contribution is -2.17. The molecule has 180 valence electrons. The number of carbonyl (C=O) groups excluding carboxylic acids is 3. The Labute approximate surface area is 181 Å². The standard InChI is InChI=1S/C19H32O12/c1-25-17(21)4-5-26-6-7-27-8-9-28-10-11-29-12-13-30-14-15-31-18(22)3-2-16(20)19(23)24/h2-15H2,1H3,(H,23,24). The highest BCUT2D eigenvalue weighted by molar-refractivity contribution is 6.32. The number of hydrogen-bond acceptors (Lipinski definition) is 11.